The van der Waals surface area contributed by atoms with E-state index < -0.39 is 10.0 Å². The highest BCUT2D eigenvalue weighted by molar-refractivity contribution is 7.89. The van der Waals surface area contributed by atoms with E-state index in [9.17, 15) is 13.2 Å². The van der Waals surface area contributed by atoms with Crippen LogP contribution in [0, 0.1) is 13.8 Å². The predicted octanol–water partition coefficient (Wildman–Crippen LogP) is 3.41. The Bertz CT molecular complexity index is 1000. The highest BCUT2D eigenvalue weighted by atomic mass is 32.2. The number of Topliss-reactive ketones (excluding diaryl/α,β-unsaturated/α-hetero) is 1. The molecule has 1 aliphatic heterocycles. The molecular weight excluding hydrogens is 398 g/mol. The lowest BCUT2D eigenvalue weighted by Gasteiger charge is -2.33. The molecule has 30 heavy (non-hydrogen) atoms. The largest absolute Gasteiger partial charge is 0.345 e. The van der Waals surface area contributed by atoms with Gasteiger partial charge in [0.15, 0.2) is 5.78 Å². The van der Waals surface area contributed by atoms with Crippen molar-refractivity contribution in [2.45, 2.75) is 50.5 Å². The minimum atomic E-state index is -3.47. The third-order valence-corrected chi connectivity index (χ3v) is 8.47. The highest BCUT2D eigenvalue weighted by Crippen LogP contribution is 2.33. The predicted molar refractivity (Wildman–Crippen MR) is 117 cm³/mol. The molecular formula is C23H31N3O3S. The van der Waals surface area contributed by atoms with Gasteiger partial charge in [0.25, 0.3) is 0 Å². The minimum Gasteiger partial charge on any atom is -0.345 e. The van der Waals surface area contributed by atoms with Crippen LogP contribution in [0.4, 0.5) is 0 Å². The topological polar surface area (TPSA) is 62.6 Å². The van der Waals surface area contributed by atoms with Crippen LogP contribution in [0.25, 0.3) is 0 Å². The third-order valence-electron chi connectivity index (χ3n) is 6.55. The molecule has 0 unspecified atom stereocenters. The summed E-state index contributed by atoms with van der Waals surface area (Å²) in [6.45, 7) is 6.45. The normalized spacial score (nSPS) is 19.4. The maximum Gasteiger partial charge on any atom is 0.243 e. The van der Waals surface area contributed by atoms with E-state index in [1.807, 2.05) is 12.1 Å². The Hall–Kier alpha value is -1.96. The molecule has 0 bridgehead atoms. The number of carbonyl (C=O) groups excluding carboxylic acids is 1. The van der Waals surface area contributed by atoms with E-state index in [1.54, 1.807) is 24.3 Å². The lowest BCUT2D eigenvalue weighted by Crippen LogP contribution is -2.49. The van der Waals surface area contributed by atoms with Crippen molar-refractivity contribution in [2.75, 3.05) is 32.7 Å². The van der Waals surface area contributed by atoms with Crippen molar-refractivity contribution >= 4 is 15.8 Å². The Morgan fingerprint density at radius 1 is 1.00 bits per heavy atom. The first-order chi connectivity index (χ1) is 14.4. The number of nitrogens with zero attached hydrogens (tertiary/aromatic N) is 3. The molecule has 2 fully saturated rings. The van der Waals surface area contributed by atoms with E-state index in [0.717, 1.165) is 11.3 Å². The molecule has 1 aliphatic carbocycles. The van der Waals surface area contributed by atoms with Gasteiger partial charge in [-0.25, -0.2) is 8.42 Å². The van der Waals surface area contributed by atoms with Gasteiger partial charge in [0.1, 0.15) is 0 Å². The molecule has 2 aliphatic rings. The molecule has 0 radical (unpaired) electrons. The number of benzene rings is 1. The fraction of sp³-hybridized carbons (Fsp3) is 0.522. The van der Waals surface area contributed by atoms with Crippen LogP contribution < -0.4 is 0 Å². The summed E-state index contributed by atoms with van der Waals surface area (Å²) >= 11 is 0. The maximum absolute atomic E-state index is 13.0. The number of hydrogen-bond acceptors (Lipinski definition) is 4. The average molecular weight is 430 g/mol. The van der Waals surface area contributed by atoms with Crippen molar-refractivity contribution in [3.8, 4) is 0 Å². The summed E-state index contributed by atoms with van der Waals surface area (Å²) in [4.78, 5) is 15.4. The molecule has 1 aromatic heterocycles. The molecule has 0 spiro atoms. The molecule has 1 saturated carbocycles. The molecule has 4 rings (SSSR count). The van der Waals surface area contributed by atoms with Gasteiger partial charge in [-0.2, -0.15) is 4.31 Å². The second-order valence-electron chi connectivity index (χ2n) is 8.51. The molecule has 1 aromatic carbocycles. The van der Waals surface area contributed by atoms with Crippen LogP contribution in [0.3, 0.4) is 0 Å². The lowest BCUT2D eigenvalue weighted by atomic mass is 10.1. The second-order valence-corrected chi connectivity index (χ2v) is 10.4. The number of aryl methyl sites for hydroxylation is 1. The van der Waals surface area contributed by atoms with Gasteiger partial charge in [0.2, 0.25) is 10.0 Å². The van der Waals surface area contributed by atoms with Crippen LogP contribution in [0.15, 0.2) is 41.3 Å². The van der Waals surface area contributed by atoms with E-state index in [0.29, 0.717) is 43.7 Å². The summed E-state index contributed by atoms with van der Waals surface area (Å²) < 4.78 is 29.4. The molecule has 2 aromatic rings. The minimum absolute atomic E-state index is 0.131. The van der Waals surface area contributed by atoms with Crippen molar-refractivity contribution < 1.29 is 13.2 Å². The molecule has 6 nitrogen and oxygen atoms in total. The molecule has 1 saturated heterocycles. The average Bonchev–Trinajstić information content (AvgIpc) is 3.36. The van der Waals surface area contributed by atoms with Crippen LogP contribution in [-0.2, 0) is 10.0 Å². The summed E-state index contributed by atoms with van der Waals surface area (Å²) in [5.74, 6) is 0.131. The first-order valence-electron chi connectivity index (χ1n) is 10.9. The van der Waals surface area contributed by atoms with Gasteiger partial charge < -0.3 is 4.57 Å². The van der Waals surface area contributed by atoms with Crippen LogP contribution in [0.1, 0.15) is 53.5 Å². The van der Waals surface area contributed by atoms with Crippen molar-refractivity contribution in [3.63, 3.8) is 0 Å². The molecule has 162 valence electrons. The summed E-state index contributed by atoms with van der Waals surface area (Å²) in [6, 6.07) is 11.1. The first kappa shape index (κ1) is 21.3. The number of rotatable bonds is 6. The zero-order valence-electron chi connectivity index (χ0n) is 17.9. The monoisotopic (exact) mass is 429 g/mol. The fourth-order valence-corrected chi connectivity index (χ4v) is 6.38. The van der Waals surface area contributed by atoms with Crippen LogP contribution in [-0.4, -0.2) is 60.7 Å². The Kier molecular flexibility index (Phi) is 6.14. The zero-order chi connectivity index (χ0) is 21.3. The molecule has 7 heteroatoms. The highest BCUT2D eigenvalue weighted by Gasteiger charge is 2.30. The number of ketones is 1. The van der Waals surface area contributed by atoms with Gasteiger partial charge in [0.05, 0.1) is 11.4 Å². The summed E-state index contributed by atoms with van der Waals surface area (Å²) in [5.41, 5.74) is 3.06. The van der Waals surface area contributed by atoms with Crippen LogP contribution >= 0.6 is 0 Å². The van der Waals surface area contributed by atoms with Crippen molar-refractivity contribution in [1.82, 2.24) is 13.8 Å². The van der Waals surface area contributed by atoms with Gasteiger partial charge in [-0.15, -0.1) is 0 Å². The van der Waals surface area contributed by atoms with E-state index in [2.05, 4.69) is 23.3 Å². The van der Waals surface area contributed by atoms with Crippen molar-refractivity contribution in [2.24, 2.45) is 0 Å². The number of aromatic nitrogens is 1. The quantitative estimate of drug-likeness (QED) is 0.660. The summed E-state index contributed by atoms with van der Waals surface area (Å²) in [5, 5.41) is 0. The first-order valence-corrected chi connectivity index (χ1v) is 12.3. The number of piperazine rings is 1. The number of hydrogen-bond donors (Lipinski definition) is 0. The second kappa shape index (κ2) is 8.65. The van der Waals surface area contributed by atoms with Gasteiger partial charge >= 0.3 is 0 Å². The van der Waals surface area contributed by atoms with Gasteiger partial charge in [0, 0.05) is 49.2 Å². The van der Waals surface area contributed by atoms with Gasteiger partial charge in [-0.05, 0) is 44.9 Å². The van der Waals surface area contributed by atoms with E-state index in [-0.39, 0.29) is 5.78 Å². The van der Waals surface area contributed by atoms with E-state index >= 15 is 0 Å². The van der Waals surface area contributed by atoms with E-state index in [1.165, 1.54) is 35.7 Å². The number of sulfonamides is 1. The Morgan fingerprint density at radius 2 is 1.63 bits per heavy atom. The maximum atomic E-state index is 13.0. The fourth-order valence-electron chi connectivity index (χ4n) is 4.94. The summed E-state index contributed by atoms with van der Waals surface area (Å²) in [6.07, 6.45) is 4.92. The van der Waals surface area contributed by atoms with Crippen molar-refractivity contribution in [3.05, 3.63) is 53.3 Å². The Balaban J connectivity index is 1.39. The van der Waals surface area contributed by atoms with Crippen LogP contribution in [0.5, 0.6) is 0 Å². The van der Waals surface area contributed by atoms with E-state index in [4.69, 9.17) is 0 Å². The van der Waals surface area contributed by atoms with Gasteiger partial charge in [-0.3, -0.25) is 9.69 Å². The third kappa shape index (κ3) is 4.11. The lowest BCUT2D eigenvalue weighted by molar-refractivity contribution is 0.0901. The SMILES string of the molecule is Cc1cc(C(=O)CN2CCN(S(=O)(=O)c3ccccc3)CC2)c(C)n1C1CCCC1. The van der Waals surface area contributed by atoms with Crippen molar-refractivity contribution in [1.29, 1.82) is 0 Å². The standard InChI is InChI=1S/C23H31N3O3S/c1-18-16-22(19(2)26(18)20-8-6-7-9-20)23(27)17-24-12-14-25(15-13-24)30(28,29)21-10-4-3-5-11-21/h3-5,10-11,16,20H,6-9,12-15,17H2,1-2H3. The zero-order valence-corrected chi connectivity index (χ0v) is 18.7. The van der Waals surface area contributed by atoms with Gasteiger partial charge in [-0.1, -0.05) is 31.0 Å². The molecule has 2 heterocycles. The summed E-state index contributed by atoms with van der Waals surface area (Å²) in [7, 11) is -3.47. The Morgan fingerprint density at radius 3 is 2.27 bits per heavy atom. The number of carbonyl (C=O) groups is 1. The van der Waals surface area contributed by atoms with Crippen LogP contribution in [0.2, 0.25) is 0 Å². The molecule has 0 atom stereocenters. The molecule has 0 N–H and O–H groups in total. The Labute approximate surface area is 179 Å². The molecule has 0 amide bonds. The smallest absolute Gasteiger partial charge is 0.243 e.